The van der Waals surface area contributed by atoms with Crippen molar-refractivity contribution in [3.05, 3.63) is 54.6 Å². The van der Waals surface area contributed by atoms with E-state index in [2.05, 4.69) is 5.32 Å². The maximum absolute atomic E-state index is 11.9. The SMILES string of the molecule is CC(Oc1ccc(-c2ccccc2)cc1)C(=O)NCCCC(=O)O. The summed E-state index contributed by atoms with van der Waals surface area (Å²) in [5, 5.41) is 11.2. The van der Waals surface area contributed by atoms with Gasteiger partial charge in [-0.05, 0) is 36.6 Å². The van der Waals surface area contributed by atoms with Crippen LogP contribution >= 0.6 is 0 Å². The number of benzene rings is 2. The van der Waals surface area contributed by atoms with Crippen molar-refractivity contribution in [2.24, 2.45) is 0 Å². The molecule has 0 heterocycles. The maximum Gasteiger partial charge on any atom is 0.303 e. The Morgan fingerprint density at radius 2 is 1.67 bits per heavy atom. The zero-order valence-electron chi connectivity index (χ0n) is 13.6. The number of amides is 1. The van der Waals surface area contributed by atoms with Crippen molar-refractivity contribution < 1.29 is 19.4 Å². The summed E-state index contributed by atoms with van der Waals surface area (Å²) in [6.45, 7) is 1.99. The van der Waals surface area contributed by atoms with E-state index in [1.807, 2.05) is 54.6 Å². The van der Waals surface area contributed by atoms with E-state index in [1.165, 1.54) is 0 Å². The third-order valence-corrected chi connectivity index (χ3v) is 3.51. The van der Waals surface area contributed by atoms with Gasteiger partial charge in [-0.3, -0.25) is 9.59 Å². The van der Waals surface area contributed by atoms with Crippen LogP contribution in [0.25, 0.3) is 11.1 Å². The van der Waals surface area contributed by atoms with Gasteiger partial charge in [0.15, 0.2) is 6.10 Å². The topological polar surface area (TPSA) is 75.6 Å². The number of carboxylic acids is 1. The first-order valence-corrected chi connectivity index (χ1v) is 7.88. The van der Waals surface area contributed by atoms with Gasteiger partial charge < -0.3 is 15.2 Å². The number of nitrogens with one attached hydrogen (secondary N) is 1. The first-order chi connectivity index (χ1) is 11.6. The fraction of sp³-hybridized carbons (Fsp3) is 0.263. The molecule has 0 fully saturated rings. The number of carboxylic acid groups (broad SMARTS) is 1. The highest BCUT2D eigenvalue weighted by Crippen LogP contribution is 2.22. The first kappa shape index (κ1) is 17.5. The minimum absolute atomic E-state index is 0.0382. The van der Waals surface area contributed by atoms with Crippen LogP contribution in [0.3, 0.4) is 0 Å². The highest BCUT2D eigenvalue weighted by molar-refractivity contribution is 5.80. The average molecular weight is 327 g/mol. The smallest absolute Gasteiger partial charge is 0.303 e. The van der Waals surface area contributed by atoms with E-state index < -0.39 is 12.1 Å². The molecule has 5 heteroatoms. The molecule has 0 spiro atoms. The molecule has 126 valence electrons. The van der Waals surface area contributed by atoms with Crippen molar-refractivity contribution in [3.63, 3.8) is 0 Å². The Kier molecular flexibility index (Phi) is 6.37. The fourth-order valence-electron chi connectivity index (χ4n) is 2.21. The third-order valence-electron chi connectivity index (χ3n) is 3.51. The number of hydrogen-bond acceptors (Lipinski definition) is 3. The van der Waals surface area contributed by atoms with Crippen molar-refractivity contribution in [2.45, 2.75) is 25.9 Å². The monoisotopic (exact) mass is 327 g/mol. The largest absolute Gasteiger partial charge is 0.481 e. The lowest BCUT2D eigenvalue weighted by molar-refractivity contribution is -0.137. The molecule has 2 aromatic rings. The molecule has 1 atom stereocenters. The molecule has 0 bridgehead atoms. The van der Waals surface area contributed by atoms with Crippen molar-refractivity contribution in [1.82, 2.24) is 5.32 Å². The molecule has 2 N–H and O–H groups in total. The van der Waals surface area contributed by atoms with Gasteiger partial charge in [0, 0.05) is 13.0 Å². The first-order valence-electron chi connectivity index (χ1n) is 7.88. The Bertz CT molecular complexity index is 668. The highest BCUT2D eigenvalue weighted by Gasteiger charge is 2.14. The van der Waals surface area contributed by atoms with E-state index in [0.717, 1.165) is 11.1 Å². The fourth-order valence-corrected chi connectivity index (χ4v) is 2.21. The average Bonchev–Trinajstić information content (AvgIpc) is 2.59. The number of ether oxygens (including phenoxy) is 1. The summed E-state index contributed by atoms with van der Waals surface area (Å²) in [4.78, 5) is 22.3. The van der Waals surface area contributed by atoms with E-state index in [9.17, 15) is 9.59 Å². The summed E-state index contributed by atoms with van der Waals surface area (Å²) >= 11 is 0. The lowest BCUT2D eigenvalue weighted by Gasteiger charge is -2.15. The molecule has 0 aliphatic rings. The molecular formula is C19H21NO4. The van der Waals surface area contributed by atoms with Crippen LogP contribution in [0.1, 0.15) is 19.8 Å². The second-order valence-corrected chi connectivity index (χ2v) is 5.44. The van der Waals surface area contributed by atoms with Crippen LogP contribution in [0.5, 0.6) is 5.75 Å². The summed E-state index contributed by atoms with van der Waals surface area (Å²) in [6.07, 6.45) is -0.201. The number of aliphatic carboxylic acids is 1. The number of hydrogen-bond donors (Lipinski definition) is 2. The van der Waals surface area contributed by atoms with Crippen LogP contribution < -0.4 is 10.1 Å². The van der Waals surface area contributed by atoms with Gasteiger partial charge >= 0.3 is 5.97 Å². The zero-order valence-corrected chi connectivity index (χ0v) is 13.6. The van der Waals surface area contributed by atoms with Crippen LogP contribution in [-0.2, 0) is 9.59 Å². The van der Waals surface area contributed by atoms with Gasteiger partial charge in [0.1, 0.15) is 5.75 Å². The van der Waals surface area contributed by atoms with Crippen LogP contribution in [0.4, 0.5) is 0 Å². The second kappa shape index (κ2) is 8.72. The molecule has 5 nitrogen and oxygen atoms in total. The second-order valence-electron chi connectivity index (χ2n) is 5.44. The summed E-state index contributed by atoms with van der Waals surface area (Å²) in [7, 11) is 0. The highest BCUT2D eigenvalue weighted by atomic mass is 16.5. The predicted octanol–water partition coefficient (Wildman–Crippen LogP) is 3.10. The predicted molar refractivity (Wildman–Crippen MR) is 91.8 cm³/mol. The summed E-state index contributed by atoms with van der Waals surface area (Å²) in [6, 6.07) is 17.5. The van der Waals surface area contributed by atoms with Crippen molar-refractivity contribution in [1.29, 1.82) is 0 Å². The number of rotatable bonds is 8. The van der Waals surface area contributed by atoms with Gasteiger partial charge in [0.05, 0.1) is 0 Å². The molecule has 0 aliphatic heterocycles. The van der Waals surface area contributed by atoms with Gasteiger partial charge in [-0.15, -0.1) is 0 Å². The summed E-state index contributed by atoms with van der Waals surface area (Å²) in [5.41, 5.74) is 2.20. The molecule has 0 saturated heterocycles. The zero-order chi connectivity index (χ0) is 17.4. The Hall–Kier alpha value is -2.82. The quantitative estimate of drug-likeness (QED) is 0.731. The minimum Gasteiger partial charge on any atom is -0.481 e. The van der Waals surface area contributed by atoms with Gasteiger partial charge in [-0.25, -0.2) is 0 Å². The van der Waals surface area contributed by atoms with Crippen molar-refractivity contribution in [2.75, 3.05) is 6.54 Å². The summed E-state index contributed by atoms with van der Waals surface area (Å²) in [5.74, 6) is -0.512. The van der Waals surface area contributed by atoms with E-state index >= 15 is 0 Å². The Morgan fingerprint density at radius 1 is 1.04 bits per heavy atom. The molecule has 0 saturated carbocycles. The van der Waals surface area contributed by atoms with Crippen LogP contribution in [0.15, 0.2) is 54.6 Å². The molecule has 0 aliphatic carbocycles. The van der Waals surface area contributed by atoms with E-state index in [4.69, 9.17) is 9.84 Å². The Labute approximate surface area is 141 Å². The van der Waals surface area contributed by atoms with E-state index in [1.54, 1.807) is 6.92 Å². The van der Waals surface area contributed by atoms with Crippen LogP contribution in [-0.4, -0.2) is 29.6 Å². The lowest BCUT2D eigenvalue weighted by Crippen LogP contribution is -2.36. The molecule has 2 rings (SSSR count). The number of carbonyl (C=O) groups is 2. The van der Waals surface area contributed by atoms with E-state index in [-0.39, 0.29) is 12.3 Å². The lowest BCUT2D eigenvalue weighted by atomic mass is 10.1. The van der Waals surface area contributed by atoms with Crippen LogP contribution in [0, 0.1) is 0 Å². The van der Waals surface area contributed by atoms with E-state index in [0.29, 0.717) is 18.7 Å². The van der Waals surface area contributed by atoms with Gasteiger partial charge in [0.2, 0.25) is 0 Å². The molecule has 1 amide bonds. The maximum atomic E-state index is 11.9. The van der Waals surface area contributed by atoms with Gasteiger partial charge in [0.25, 0.3) is 5.91 Å². The normalized spacial score (nSPS) is 11.5. The molecule has 1 unspecified atom stereocenters. The van der Waals surface area contributed by atoms with Crippen molar-refractivity contribution >= 4 is 11.9 Å². The van der Waals surface area contributed by atoms with Gasteiger partial charge in [-0.2, -0.15) is 0 Å². The Balaban J connectivity index is 1.84. The Morgan fingerprint density at radius 3 is 2.29 bits per heavy atom. The minimum atomic E-state index is -0.868. The third kappa shape index (κ3) is 5.43. The number of carbonyl (C=O) groups excluding carboxylic acids is 1. The standard InChI is InChI=1S/C19H21NO4/c1-14(19(23)20-13-5-8-18(21)22)24-17-11-9-16(10-12-17)15-6-3-2-4-7-15/h2-4,6-7,9-12,14H,5,8,13H2,1H3,(H,20,23)(H,21,22). The van der Waals surface area contributed by atoms with Gasteiger partial charge in [-0.1, -0.05) is 42.5 Å². The van der Waals surface area contributed by atoms with Crippen molar-refractivity contribution in [3.8, 4) is 16.9 Å². The molecule has 24 heavy (non-hydrogen) atoms. The molecule has 2 aromatic carbocycles. The van der Waals surface area contributed by atoms with Crippen LogP contribution in [0.2, 0.25) is 0 Å². The summed E-state index contributed by atoms with van der Waals surface area (Å²) < 4.78 is 5.62. The molecule has 0 aromatic heterocycles. The molecule has 0 radical (unpaired) electrons. The molecular weight excluding hydrogens is 306 g/mol.